The molecule has 1 unspecified atom stereocenters. The summed E-state index contributed by atoms with van der Waals surface area (Å²) in [5.74, 6) is -1.53. The Bertz CT molecular complexity index is 823. The van der Waals surface area contributed by atoms with Crippen molar-refractivity contribution in [3.63, 3.8) is 0 Å². The normalized spacial score (nSPS) is 16.6. The van der Waals surface area contributed by atoms with Gasteiger partial charge in [-0.15, -0.1) is 0 Å². The molecule has 7 heteroatoms. The van der Waals surface area contributed by atoms with E-state index in [2.05, 4.69) is 4.74 Å². The molecule has 1 amide bonds. The van der Waals surface area contributed by atoms with Crippen LogP contribution in [0.4, 0.5) is 5.69 Å². The molecule has 1 aliphatic heterocycles. The maximum absolute atomic E-state index is 12.3. The number of methoxy groups -OCH3 is 1. The fourth-order valence-corrected chi connectivity index (χ4v) is 2.84. The van der Waals surface area contributed by atoms with Crippen LogP contribution in [0.25, 0.3) is 0 Å². The number of nitrogens with zero attached hydrogens (tertiary/aromatic N) is 1. The van der Waals surface area contributed by atoms with Crippen LogP contribution < -0.4 is 4.90 Å². The molecule has 1 aromatic carbocycles. The van der Waals surface area contributed by atoms with E-state index < -0.39 is 17.9 Å². The lowest BCUT2D eigenvalue weighted by Crippen LogP contribution is -2.26. The molecule has 1 fully saturated rings. The lowest BCUT2D eigenvalue weighted by atomic mass is 10.1. The molecule has 0 spiro atoms. The number of hydrogen-bond acceptors (Lipinski definition) is 6. The van der Waals surface area contributed by atoms with Crippen molar-refractivity contribution in [2.45, 2.75) is 20.0 Å². The molecule has 2 aromatic rings. The number of furan rings is 1. The summed E-state index contributed by atoms with van der Waals surface area (Å²) in [4.78, 5) is 37.7. The minimum atomic E-state index is -0.564. The Balaban J connectivity index is 1.61. The van der Waals surface area contributed by atoms with Gasteiger partial charge in [0.15, 0.2) is 5.76 Å². The number of anilines is 1. The van der Waals surface area contributed by atoms with E-state index in [1.807, 2.05) is 31.2 Å². The topological polar surface area (TPSA) is 86.0 Å². The fourth-order valence-electron chi connectivity index (χ4n) is 2.84. The zero-order chi connectivity index (χ0) is 18.7. The Hall–Kier alpha value is -3.09. The molecule has 0 saturated carbocycles. The van der Waals surface area contributed by atoms with Crippen LogP contribution >= 0.6 is 0 Å². The van der Waals surface area contributed by atoms with Gasteiger partial charge >= 0.3 is 11.9 Å². The van der Waals surface area contributed by atoms with E-state index in [4.69, 9.17) is 9.15 Å². The van der Waals surface area contributed by atoms with Gasteiger partial charge in [-0.1, -0.05) is 17.7 Å². The highest BCUT2D eigenvalue weighted by molar-refractivity contribution is 5.99. The van der Waals surface area contributed by atoms with Crippen molar-refractivity contribution in [1.29, 1.82) is 0 Å². The number of amides is 1. The monoisotopic (exact) mass is 357 g/mol. The van der Waals surface area contributed by atoms with Crippen molar-refractivity contribution in [3.05, 3.63) is 53.5 Å². The Morgan fingerprint density at radius 2 is 1.96 bits per heavy atom. The number of carbonyl (C=O) groups excluding carboxylic acids is 3. The highest BCUT2D eigenvalue weighted by Crippen LogP contribution is 2.26. The van der Waals surface area contributed by atoms with Gasteiger partial charge in [-0.3, -0.25) is 9.59 Å². The lowest BCUT2D eigenvalue weighted by molar-refractivity contribution is -0.150. The van der Waals surface area contributed by atoms with E-state index in [9.17, 15) is 14.4 Å². The molecular formula is C19H19NO6. The predicted molar refractivity (Wildman–Crippen MR) is 91.5 cm³/mol. The van der Waals surface area contributed by atoms with E-state index >= 15 is 0 Å². The first kappa shape index (κ1) is 17.7. The van der Waals surface area contributed by atoms with Gasteiger partial charge in [0.2, 0.25) is 5.91 Å². The second kappa shape index (κ2) is 7.43. The average molecular weight is 357 g/mol. The van der Waals surface area contributed by atoms with Crippen LogP contribution in [0.2, 0.25) is 0 Å². The van der Waals surface area contributed by atoms with Gasteiger partial charge in [-0.25, -0.2) is 4.79 Å². The zero-order valence-corrected chi connectivity index (χ0v) is 14.6. The number of carbonyl (C=O) groups is 3. The molecule has 0 N–H and O–H groups in total. The van der Waals surface area contributed by atoms with E-state index in [1.165, 1.54) is 19.4 Å². The molecular weight excluding hydrogens is 338 g/mol. The largest absolute Gasteiger partial charge is 0.465 e. The summed E-state index contributed by atoms with van der Waals surface area (Å²) in [5.41, 5.74) is 2.07. The molecule has 26 heavy (non-hydrogen) atoms. The number of benzene rings is 1. The Morgan fingerprint density at radius 1 is 1.23 bits per heavy atom. The standard InChI is InChI=1S/C19H19NO6/c1-12-3-5-14(6-4-12)20-10-13(9-17(20)21)18(22)26-11-16-15(7-8-25-16)19(23)24-2/h3-8,13H,9-11H2,1-2H3. The van der Waals surface area contributed by atoms with Crippen LogP contribution in [0.1, 0.15) is 28.1 Å². The lowest BCUT2D eigenvalue weighted by Gasteiger charge is -2.16. The molecule has 2 heterocycles. The number of aryl methyl sites for hydroxylation is 1. The maximum atomic E-state index is 12.3. The van der Waals surface area contributed by atoms with Gasteiger partial charge in [0.1, 0.15) is 12.2 Å². The van der Waals surface area contributed by atoms with Crippen LogP contribution in [0.5, 0.6) is 0 Å². The molecule has 3 rings (SSSR count). The summed E-state index contributed by atoms with van der Waals surface area (Å²) >= 11 is 0. The van der Waals surface area contributed by atoms with Crippen molar-refractivity contribution in [2.24, 2.45) is 5.92 Å². The minimum absolute atomic E-state index is 0.0920. The predicted octanol–water partition coefficient (Wildman–Crippen LogP) is 2.47. The molecule has 1 aromatic heterocycles. The van der Waals surface area contributed by atoms with Gasteiger partial charge in [-0.2, -0.15) is 0 Å². The molecule has 7 nitrogen and oxygen atoms in total. The molecule has 0 radical (unpaired) electrons. The van der Waals surface area contributed by atoms with Crippen molar-refractivity contribution in [3.8, 4) is 0 Å². The molecule has 1 aliphatic rings. The first-order valence-electron chi connectivity index (χ1n) is 8.18. The van der Waals surface area contributed by atoms with E-state index in [1.54, 1.807) is 4.90 Å². The smallest absolute Gasteiger partial charge is 0.341 e. The number of ether oxygens (including phenoxy) is 2. The summed E-state index contributed by atoms with van der Waals surface area (Å²) in [6.07, 6.45) is 1.42. The van der Waals surface area contributed by atoms with Gasteiger partial charge in [0.05, 0.1) is 19.3 Å². The Labute approximate surface area is 150 Å². The Morgan fingerprint density at radius 3 is 2.65 bits per heavy atom. The van der Waals surface area contributed by atoms with Crippen LogP contribution in [-0.4, -0.2) is 31.5 Å². The quantitative estimate of drug-likeness (QED) is 0.764. The summed E-state index contributed by atoms with van der Waals surface area (Å²) in [6.45, 7) is 2.04. The number of esters is 2. The maximum Gasteiger partial charge on any atom is 0.341 e. The Kier molecular flexibility index (Phi) is 5.06. The summed E-state index contributed by atoms with van der Waals surface area (Å²) < 4.78 is 15.0. The summed E-state index contributed by atoms with van der Waals surface area (Å²) in [5, 5.41) is 0. The van der Waals surface area contributed by atoms with E-state index in [-0.39, 0.29) is 36.8 Å². The highest BCUT2D eigenvalue weighted by Gasteiger charge is 2.36. The third kappa shape index (κ3) is 3.61. The molecule has 1 atom stereocenters. The summed E-state index contributed by atoms with van der Waals surface area (Å²) in [6, 6.07) is 8.99. The second-order valence-corrected chi connectivity index (χ2v) is 6.10. The van der Waals surface area contributed by atoms with Crippen LogP contribution in [0, 0.1) is 12.8 Å². The van der Waals surface area contributed by atoms with E-state index in [0.717, 1.165) is 11.3 Å². The SMILES string of the molecule is COC(=O)c1ccoc1COC(=O)C1CC(=O)N(c2ccc(C)cc2)C1. The molecule has 1 saturated heterocycles. The number of hydrogen-bond donors (Lipinski definition) is 0. The van der Waals surface area contributed by atoms with Gasteiger partial charge in [0, 0.05) is 18.7 Å². The van der Waals surface area contributed by atoms with Crippen molar-refractivity contribution in [2.75, 3.05) is 18.6 Å². The van der Waals surface area contributed by atoms with Crippen LogP contribution in [-0.2, 0) is 25.7 Å². The van der Waals surface area contributed by atoms with Crippen molar-refractivity contribution in [1.82, 2.24) is 0 Å². The molecule has 136 valence electrons. The minimum Gasteiger partial charge on any atom is -0.465 e. The van der Waals surface area contributed by atoms with Crippen LogP contribution in [0.3, 0.4) is 0 Å². The first-order valence-corrected chi connectivity index (χ1v) is 8.18. The second-order valence-electron chi connectivity index (χ2n) is 6.10. The van der Waals surface area contributed by atoms with Gasteiger partial charge in [0.25, 0.3) is 0 Å². The van der Waals surface area contributed by atoms with Gasteiger partial charge in [-0.05, 0) is 25.1 Å². The fraction of sp³-hybridized carbons (Fsp3) is 0.316. The van der Waals surface area contributed by atoms with E-state index in [0.29, 0.717) is 0 Å². The number of rotatable bonds is 5. The zero-order valence-electron chi connectivity index (χ0n) is 14.6. The molecule has 0 bridgehead atoms. The third-order valence-electron chi connectivity index (χ3n) is 4.30. The third-order valence-corrected chi connectivity index (χ3v) is 4.30. The first-order chi connectivity index (χ1) is 12.5. The van der Waals surface area contributed by atoms with Crippen molar-refractivity contribution < 1.29 is 28.3 Å². The molecule has 0 aliphatic carbocycles. The highest BCUT2D eigenvalue weighted by atomic mass is 16.5. The van der Waals surface area contributed by atoms with Crippen LogP contribution in [0.15, 0.2) is 41.0 Å². The summed E-state index contributed by atoms with van der Waals surface area (Å²) in [7, 11) is 1.26. The van der Waals surface area contributed by atoms with Crippen molar-refractivity contribution >= 4 is 23.5 Å². The van der Waals surface area contributed by atoms with Gasteiger partial charge < -0.3 is 18.8 Å². The average Bonchev–Trinajstić information content (AvgIpc) is 3.26.